The van der Waals surface area contributed by atoms with E-state index < -0.39 is 10.0 Å². The maximum absolute atomic E-state index is 12.4. The number of nitrogens with zero attached hydrogens (tertiary/aromatic N) is 1. The van der Waals surface area contributed by atoms with E-state index in [-0.39, 0.29) is 6.04 Å². The number of hydrogen-bond acceptors (Lipinski definition) is 2. The minimum atomic E-state index is -3.34. The summed E-state index contributed by atoms with van der Waals surface area (Å²) in [6.45, 7) is 2.56. The topological polar surface area (TPSA) is 37.4 Å². The highest BCUT2D eigenvalue weighted by molar-refractivity contribution is 7.89. The number of benzene rings is 1. The minimum Gasteiger partial charge on any atom is -0.207 e. The van der Waals surface area contributed by atoms with E-state index in [0.29, 0.717) is 11.4 Å². The van der Waals surface area contributed by atoms with Crippen LogP contribution in [0.3, 0.4) is 0 Å². The van der Waals surface area contributed by atoms with Gasteiger partial charge in [0, 0.05) is 12.6 Å². The second kappa shape index (κ2) is 5.02. The second-order valence-electron chi connectivity index (χ2n) is 4.17. The molecule has 0 spiro atoms. The van der Waals surface area contributed by atoms with Crippen molar-refractivity contribution in [2.45, 2.75) is 30.7 Å². The summed E-state index contributed by atoms with van der Waals surface area (Å²) in [4.78, 5) is 0.379. The van der Waals surface area contributed by atoms with E-state index in [1.165, 1.54) is 0 Å². The Bertz CT molecular complexity index is 493. The Kier molecular flexibility index (Phi) is 3.64. The highest BCUT2D eigenvalue weighted by atomic mass is 32.2. The molecule has 1 unspecified atom stereocenters. The van der Waals surface area contributed by atoms with Crippen molar-refractivity contribution in [2.75, 3.05) is 6.54 Å². The molecule has 2 rings (SSSR count). The molecule has 3 nitrogen and oxygen atoms in total. The van der Waals surface area contributed by atoms with Crippen molar-refractivity contribution in [3.8, 4) is 0 Å². The van der Waals surface area contributed by atoms with Crippen LogP contribution >= 0.6 is 0 Å². The van der Waals surface area contributed by atoms with E-state index >= 15 is 0 Å². The Balaban J connectivity index is 2.28. The van der Waals surface area contributed by atoms with E-state index in [9.17, 15) is 8.42 Å². The fourth-order valence-corrected chi connectivity index (χ4v) is 3.68. The van der Waals surface area contributed by atoms with Crippen molar-refractivity contribution < 1.29 is 8.42 Å². The van der Waals surface area contributed by atoms with Gasteiger partial charge in [-0.1, -0.05) is 43.7 Å². The van der Waals surface area contributed by atoms with E-state index in [1.807, 2.05) is 18.2 Å². The highest BCUT2D eigenvalue weighted by Gasteiger charge is 2.31. The van der Waals surface area contributed by atoms with Crippen LogP contribution in [0.5, 0.6) is 0 Å². The molecule has 4 heteroatoms. The van der Waals surface area contributed by atoms with Gasteiger partial charge in [0.15, 0.2) is 0 Å². The van der Waals surface area contributed by atoms with Gasteiger partial charge in [-0.15, -0.1) is 0 Å². The minimum absolute atomic E-state index is 0.0187. The predicted octanol–water partition coefficient (Wildman–Crippen LogP) is 2.42. The van der Waals surface area contributed by atoms with Crippen LogP contribution in [-0.4, -0.2) is 25.3 Å². The zero-order chi connectivity index (χ0) is 12.3. The van der Waals surface area contributed by atoms with Crippen molar-refractivity contribution in [3.63, 3.8) is 0 Å². The van der Waals surface area contributed by atoms with Crippen molar-refractivity contribution in [3.05, 3.63) is 42.5 Å². The fraction of sp³-hybridized carbons (Fsp3) is 0.385. The molecule has 0 saturated heterocycles. The van der Waals surface area contributed by atoms with Gasteiger partial charge in [0.25, 0.3) is 0 Å². The predicted molar refractivity (Wildman–Crippen MR) is 68.2 cm³/mol. The zero-order valence-corrected chi connectivity index (χ0v) is 10.7. The van der Waals surface area contributed by atoms with Crippen molar-refractivity contribution in [1.82, 2.24) is 4.31 Å². The summed E-state index contributed by atoms with van der Waals surface area (Å²) in [6.07, 6.45) is 5.78. The van der Waals surface area contributed by atoms with Crippen molar-refractivity contribution in [1.29, 1.82) is 0 Å². The Hall–Kier alpha value is -1.13. The molecule has 1 aromatic rings. The van der Waals surface area contributed by atoms with Crippen molar-refractivity contribution >= 4 is 10.0 Å². The Morgan fingerprint density at radius 3 is 2.65 bits per heavy atom. The van der Waals surface area contributed by atoms with Gasteiger partial charge < -0.3 is 0 Å². The summed E-state index contributed by atoms with van der Waals surface area (Å²) in [5.74, 6) is 0. The van der Waals surface area contributed by atoms with E-state index in [2.05, 4.69) is 6.92 Å². The third kappa shape index (κ3) is 2.42. The average molecular weight is 251 g/mol. The molecule has 0 N–H and O–H groups in total. The molecule has 0 fully saturated rings. The molecule has 1 heterocycles. The highest BCUT2D eigenvalue weighted by Crippen LogP contribution is 2.24. The van der Waals surface area contributed by atoms with Gasteiger partial charge in [-0.2, -0.15) is 4.31 Å². The van der Waals surface area contributed by atoms with E-state index in [0.717, 1.165) is 12.8 Å². The summed E-state index contributed by atoms with van der Waals surface area (Å²) in [5.41, 5.74) is 0. The molecule has 0 aromatic heterocycles. The van der Waals surface area contributed by atoms with Crippen LogP contribution in [-0.2, 0) is 10.0 Å². The molecule has 92 valence electrons. The van der Waals surface area contributed by atoms with Crippen LogP contribution in [0.4, 0.5) is 0 Å². The normalized spacial score (nSPS) is 20.9. The second-order valence-corrected chi connectivity index (χ2v) is 6.06. The molecule has 1 aliphatic heterocycles. The largest absolute Gasteiger partial charge is 0.243 e. The summed E-state index contributed by atoms with van der Waals surface area (Å²) in [5, 5.41) is 0. The number of hydrogen-bond donors (Lipinski definition) is 0. The lowest BCUT2D eigenvalue weighted by Gasteiger charge is -2.23. The average Bonchev–Trinajstić information content (AvgIpc) is 2.80. The van der Waals surface area contributed by atoms with Crippen molar-refractivity contribution in [2.24, 2.45) is 0 Å². The van der Waals surface area contributed by atoms with Gasteiger partial charge in [0.1, 0.15) is 0 Å². The first-order chi connectivity index (χ1) is 8.16. The molecule has 0 radical (unpaired) electrons. The molecule has 1 aromatic carbocycles. The van der Waals surface area contributed by atoms with Gasteiger partial charge in [-0.3, -0.25) is 0 Å². The molecular weight excluding hydrogens is 234 g/mol. The fourth-order valence-electron chi connectivity index (χ4n) is 2.09. The lowest BCUT2D eigenvalue weighted by atomic mass is 10.2. The molecule has 0 bridgehead atoms. The van der Waals surface area contributed by atoms with Gasteiger partial charge in [0.2, 0.25) is 10.0 Å². The van der Waals surface area contributed by atoms with Gasteiger partial charge >= 0.3 is 0 Å². The SMILES string of the molecule is CCCC1C=CCN1S(=O)(=O)c1ccccc1. The number of sulfonamides is 1. The molecule has 0 amide bonds. The monoisotopic (exact) mass is 251 g/mol. The van der Waals surface area contributed by atoms with Crippen LogP contribution in [0.25, 0.3) is 0 Å². The zero-order valence-electron chi connectivity index (χ0n) is 9.91. The van der Waals surface area contributed by atoms with Crippen LogP contribution in [0.1, 0.15) is 19.8 Å². The van der Waals surface area contributed by atoms with Crippen LogP contribution in [0.2, 0.25) is 0 Å². The summed E-state index contributed by atoms with van der Waals surface area (Å²) in [6, 6.07) is 8.65. The maximum atomic E-state index is 12.4. The van der Waals surface area contributed by atoms with E-state index in [4.69, 9.17) is 0 Å². The molecule has 17 heavy (non-hydrogen) atoms. The Labute approximate surface area is 103 Å². The standard InChI is InChI=1S/C13H17NO2S/c1-2-7-12-8-6-11-14(12)17(15,16)13-9-4-3-5-10-13/h3-6,8-10,12H,2,7,11H2,1H3. The van der Waals surface area contributed by atoms with E-state index in [1.54, 1.807) is 28.6 Å². The summed E-state index contributed by atoms with van der Waals surface area (Å²) >= 11 is 0. The molecular formula is C13H17NO2S. The maximum Gasteiger partial charge on any atom is 0.243 e. The Morgan fingerprint density at radius 2 is 2.00 bits per heavy atom. The van der Waals surface area contributed by atoms with Crippen LogP contribution in [0, 0.1) is 0 Å². The molecule has 1 atom stereocenters. The lowest BCUT2D eigenvalue weighted by Crippen LogP contribution is -2.35. The smallest absolute Gasteiger partial charge is 0.207 e. The quantitative estimate of drug-likeness (QED) is 0.771. The molecule has 1 aliphatic rings. The summed E-state index contributed by atoms with van der Waals surface area (Å²) < 4.78 is 26.4. The Morgan fingerprint density at radius 1 is 1.29 bits per heavy atom. The molecule has 0 aliphatic carbocycles. The lowest BCUT2D eigenvalue weighted by molar-refractivity contribution is 0.392. The third-order valence-corrected chi connectivity index (χ3v) is 4.85. The van der Waals surface area contributed by atoms with Crippen LogP contribution in [0.15, 0.2) is 47.4 Å². The summed E-state index contributed by atoms with van der Waals surface area (Å²) in [7, 11) is -3.34. The van der Waals surface area contributed by atoms with Gasteiger partial charge in [0.05, 0.1) is 4.90 Å². The first kappa shape index (κ1) is 12.3. The third-order valence-electron chi connectivity index (χ3n) is 2.95. The van der Waals surface area contributed by atoms with Gasteiger partial charge in [-0.25, -0.2) is 8.42 Å². The first-order valence-corrected chi connectivity index (χ1v) is 7.34. The number of rotatable bonds is 4. The molecule has 0 saturated carbocycles. The van der Waals surface area contributed by atoms with Crippen LogP contribution < -0.4 is 0 Å². The first-order valence-electron chi connectivity index (χ1n) is 5.90. The van der Waals surface area contributed by atoms with Gasteiger partial charge in [-0.05, 0) is 18.6 Å².